The number of carbonyl (C=O) groups is 2. The molecule has 2 N–H and O–H groups in total. The van der Waals surface area contributed by atoms with Gasteiger partial charge < -0.3 is 24.8 Å². The molecule has 1 aliphatic heterocycles. The summed E-state index contributed by atoms with van der Waals surface area (Å²) in [5, 5.41) is 5.34. The van der Waals surface area contributed by atoms with E-state index in [2.05, 4.69) is 17.2 Å². The molecular formula is C18H22N2O5. The predicted octanol–water partition coefficient (Wildman–Crippen LogP) is 2.45. The van der Waals surface area contributed by atoms with E-state index < -0.39 is 12.0 Å². The summed E-state index contributed by atoms with van der Waals surface area (Å²) in [6.07, 6.45) is 1.63. The lowest BCUT2D eigenvalue weighted by atomic mass is 9.95. The van der Waals surface area contributed by atoms with Gasteiger partial charge in [0.05, 0.1) is 25.3 Å². The van der Waals surface area contributed by atoms with Gasteiger partial charge in [0.2, 0.25) is 0 Å². The van der Waals surface area contributed by atoms with E-state index in [-0.39, 0.29) is 12.6 Å². The lowest BCUT2D eigenvalue weighted by Gasteiger charge is -2.28. The quantitative estimate of drug-likeness (QED) is 0.585. The van der Waals surface area contributed by atoms with Crippen LogP contribution in [0.25, 0.3) is 0 Å². The minimum atomic E-state index is -0.643. The van der Waals surface area contributed by atoms with E-state index in [9.17, 15) is 9.59 Å². The molecule has 2 rings (SSSR count). The van der Waals surface area contributed by atoms with Gasteiger partial charge in [-0.15, -0.1) is 0 Å². The van der Waals surface area contributed by atoms with Crippen LogP contribution in [0.5, 0.6) is 11.5 Å². The zero-order valence-electron chi connectivity index (χ0n) is 14.5. The highest BCUT2D eigenvalue weighted by molar-refractivity contribution is 5.95. The first-order valence-corrected chi connectivity index (χ1v) is 7.88. The molecule has 1 aromatic rings. The molecule has 2 amide bonds. The van der Waals surface area contributed by atoms with Crippen LogP contribution in [0.4, 0.5) is 4.79 Å². The van der Waals surface area contributed by atoms with Crippen LogP contribution in [-0.2, 0) is 9.53 Å². The summed E-state index contributed by atoms with van der Waals surface area (Å²) in [5.74, 6) is 0.557. The maximum absolute atomic E-state index is 12.3. The predicted molar refractivity (Wildman–Crippen MR) is 92.4 cm³/mol. The Morgan fingerprint density at radius 3 is 2.76 bits per heavy atom. The molecule has 0 saturated heterocycles. The fourth-order valence-corrected chi connectivity index (χ4v) is 2.55. The molecule has 0 aromatic heterocycles. The number of benzene rings is 1. The second-order valence-corrected chi connectivity index (χ2v) is 5.30. The molecular weight excluding hydrogens is 324 g/mol. The van der Waals surface area contributed by atoms with Crippen molar-refractivity contribution in [3.8, 4) is 11.5 Å². The highest BCUT2D eigenvalue weighted by atomic mass is 16.5. The number of esters is 1. The summed E-state index contributed by atoms with van der Waals surface area (Å²) in [6, 6.07) is 4.19. The fraction of sp³-hybridized carbons (Fsp3) is 0.333. The maximum atomic E-state index is 12.3. The molecule has 1 aliphatic rings. The van der Waals surface area contributed by atoms with Crippen LogP contribution in [-0.4, -0.2) is 32.3 Å². The molecule has 7 heteroatoms. The van der Waals surface area contributed by atoms with Crippen molar-refractivity contribution in [2.45, 2.75) is 19.9 Å². The van der Waals surface area contributed by atoms with Crippen LogP contribution < -0.4 is 20.1 Å². The standard InChI is InChI=1S/C18H22N2O5/c1-5-9-25-13-8-7-12(10-14(13)23-4)16-15(17(21)24-6-2)11(3)19-18(22)20-16/h5,7-8,10,16H,1,6,9H2,2-4H3,(H2,19,20,22)/t16-/m1/s1. The number of ether oxygens (including phenoxy) is 3. The molecule has 0 fully saturated rings. The Hall–Kier alpha value is -2.96. The van der Waals surface area contributed by atoms with E-state index in [0.717, 1.165) is 0 Å². The molecule has 1 aromatic carbocycles. The van der Waals surface area contributed by atoms with Crippen LogP contribution in [0.2, 0.25) is 0 Å². The topological polar surface area (TPSA) is 85.9 Å². The van der Waals surface area contributed by atoms with E-state index in [4.69, 9.17) is 14.2 Å². The molecule has 1 heterocycles. The summed E-state index contributed by atoms with van der Waals surface area (Å²) in [6.45, 7) is 7.58. The van der Waals surface area contributed by atoms with Gasteiger partial charge in [-0.1, -0.05) is 18.7 Å². The van der Waals surface area contributed by atoms with Crippen LogP contribution in [0.15, 0.2) is 42.1 Å². The van der Waals surface area contributed by atoms with Crippen molar-refractivity contribution in [1.82, 2.24) is 10.6 Å². The molecule has 7 nitrogen and oxygen atoms in total. The van der Waals surface area contributed by atoms with Gasteiger partial charge >= 0.3 is 12.0 Å². The van der Waals surface area contributed by atoms with Gasteiger partial charge in [0.1, 0.15) is 6.61 Å². The fourth-order valence-electron chi connectivity index (χ4n) is 2.55. The normalized spacial score (nSPS) is 16.6. The highest BCUT2D eigenvalue weighted by Gasteiger charge is 2.32. The van der Waals surface area contributed by atoms with E-state index >= 15 is 0 Å². The number of hydrogen-bond acceptors (Lipinski definition) is 5. The second-order valence-electron chi connectivity index (χ2n) is 5.30. The summed E-state index contributed by atoms with van der Waals surface area (Å²) in [5.41, 5.74) is 1.49. The minimum Gasteiger partial charge on any atom is -0.493 e. The Morgan fingerprint density at radius 1 is 1.36 bits per heavy atom. The first-order chi connectivity index (χ1) is 12.0. The third-order valence-corrected chi connectivity index (χ3v) is 3.64. The SMILES string of the molecule is C=CCOc1ccc([C@H]2NC(=O)NC(C)=C2C(=O)OCC)cc1OC. The van der Waals surface area contributed by atoms with Gasteiger partial charge in [-0.25, -0.2) is 9.59 Å². The Labute approximate surface area is 146 Å². The number of rotatable bonds is 7. The van der Waals surface area contributed by atoms with Crippen LogP contribution in [0, 0.1) is 0 Å². The number of allylic oxidation sites excluding steroid dienone is 1. The zero-order chi connectivity index (χ0) is 18.4. The molecule has 134 valence electrons. The van der Waals surface area contributed by atoms with Gasteiger partial charge in [0.15, 0.2) is 11.5 Å². The van der Waals surface area contributed by atoms with Crippen LogP contribution in [0.3, 0.4) is 0 Å². The average Bonchev–Trinajstić information content (AvgIpc) is 2.59. The summed E-state index contributed by atoms with van der Waals surface area (Å²) >= 11 is 0. The van der Waals surface area contributed by atoms with Gasteiger partial charge in [0.25, 0.3) is 0 Å². The smallest absolute Gasteiger partial charge is 0.338 e. The van der Waals surface area contributed by atoms with Crippen molar-refractivity contribution in [2.24, 2.45) is 0 Å². The Bertz CT molecular complexity index is 711. The van der Waals surface area contributed by atoms with E-state index in [1.54, 1.807) is 38.1 Å². The first kappa shape index (κ1) is 18.4. The molecule has 1 atom stereocenters. The molecule has 0 aliphatic carbocycles. The van der Waals surface area contributed by atoms with E-state index in [1.807, 2.05) is 0 Å². The van der Waals surface area contributed by atoms with Gasteiger partial charge in [0, 0.05) is 5.70 Å². The Morgan fingerprint density at radius 2 is 2.12 bits per heavy atom. The Balaban J connectivity index is 2.42. The number of methoxy groups -OCH3 is 1. The Kier molecular flexibility index (Phi) is 6.05. The third kappa shape index (κ3) is 4.12. The second kappa shape index (κ2) is 8.23. The van der Waals surface area contributed by atoms with Crippen molar-refractivity contribution < 1.29 is 23.8 Å². The molecule has 0 bridgehead atoms. The summed E-state index contributed by atoms with van der Waals surface area (Å²) in [7, 11) is 1.52. The number of carbonyl (C=O) groups excluding carboxylic acids is 2. The first-order valence-electron chi connectivity index (χ1n) is 7.88. The summed E-state index contributed by atoms with van der Waals surface area (Å²) < 4.78 is 16.0. The van der Waals surface area contributed by atoms with Crippen molar-refractivity contribution in [1.29, 1.82) is 0 Å². The third-order valence-electron chi connectivity index (χ3n) is 3.64. The minimum absolute atomic E-state index is 0.244. The van der Waals surface area contributed by atoms with Crippen molar-refractivity contribution in [2.75, 3.05) is 20.3 Å². The van der Waals surface area contributed by atoms with E-state index in [1.165, 1.54) is 7.11 Å². The number of nitrogens with one attached hydrogen (secondary N) is 2. The number of urea groups is 1. The lowest BCUT2D eigenvalue weighted by molar-refractivity contribution is -0.139. The maximum Gasteiger partial charge on any atom is 0.338 e. The molecule has 0 spiro atoms. The van der Waals surface area contributed by atoms with Crippen LogP contribution in [0.1, 0.15) is 25.5 Å². The van der Waals surface area contributed by atoms with E-state index in [0.29, 0.717) is 34.9 Å². The monoisotopic (exact) mass is 346 g/mol. The van der Waals surface area contributed by atoms with Crippen molar-refractivity contribution >= 4 is 12.0 Å². The summed E-state index contributed by atoms with van der Waals surface area (Å²) in [4.78, 5) is 24.2. The highest BCUT2D eigenvalue weighted by Crippen LogP contribution is 2.34. The largest absolute Gasteiger partial charge is 0.493 e. The van der Waals surface area contributed by atoms with Gasteiger partial charge in [-0.05, 0) is 31.5 Å². The van der Waals surface area contributed by atoms with Crippen LogP contribution >= 0.6 is 0 Å². The molecule has 25 heavy (non-hydrogen) atoms. The number of amides is 2. The number of hydrogen-bond donors (Lipinski definition) is 2. The van der Waals surface area contributed by atoms with Crippen molar-refractivity contribution in [3.63, 3.8) is 0 Å². The van der Waals surface area contributed by atoms with Gasteiger partial charge in [-0.2, -0.15) is 0 Å². The lowest BCUT2D eigenvalue weighted by Crippen LogP contribution is -2.45. The zero-order valence-corrected chi connectivity index (χ0v) is 14.5. The molecule has 0 saturated carbocycles. The van der Waals surface area contributed by atoms with Crippen molar-refractivity contribution in [3.05, 3.63) is 47.7 Å². The molecule has 0 radical (unpaired) electrons. The van der Waals surface area contributed by atoms with Gasteiger partial charge in [-0.3, -0.25) is 0 Å². The average molecular weight is 346 g/mol. The molecule has 0 unspecified atom stereocenters.